The Kier molecular flexibility index (Phi) is 2.47. The van der Waals surface area contributed by atoms with E-state index < -0.39 is 5.97 Å². The summed E-state index contributed by atoms with van der Waals surface area (Å²) in [4.78, 5) is 11.2. The highest BCUT2D eigenvalue weighted by molar-refractivity contribution is 5.92. The molecule has 1 saturated carbocycles. The second-order valence-corrected chi connectivity index (χ2v) is 5.10. The van der Waals surface area contributed by atoms with Crippen molar-refractivity contribution in [1.29, 1.82) is 0 Å². The topological polar surface area (TPSA) is 55.8 Å². The maximum Gasteiger partial charge on any atom is 0.339 e. The van der Waals surface area contributed by atoms with Crippen molar-refractivity contribution in [2.45, 2.75) is 37.7 Å². The zero-order chi connectivity index (χ0) is 12.8. The Balaban J connectivity index is 2.08. The summed E-state index contributed by atoms with van der Waals surface area (Å²) in [7, 11) is 1.61. The number of aromatic carboxylic acids is 1. The molecular formula is C14H16O4. The average Bonchev–Trinajstić information content (AvgIpc) is 2.94. The minimum atomic E-state index is -0.941. The van der Waals surface area contributed by atoms with Crippen molar-refractivity contribution in [3.8, 4) is 11.5 Å². The molecule has 0 atom stereocenters. The molecule has 1 N–H and O–H groups in total. The van der Waals surface area contributed by atoms with Gasteiger partial charge in [0.15, 0.2) is 0 Å². The molecule has 0 amide bonds. The molecule has 2 aliphatic rings. The SMILES string of the molecule is COc1ccc(C(=O)O)c2c1CC1(CCCC1)O2. The number of hydrogen-bond donors (Lipinski definition) is 1. The van der Waals surface area contributed by atoms with Crippen molar-refractivity contribution in [2.75, 3.05) is 7.11 Å². The first-order valence-electron chi connectivity index (χ1n) is 6.27. The maximum absolute atomic E-state index is 11.2. The van der Waals surface area contributed by atoms with Gasteiger partial charge in [-0.05, 0) is 37.8 Å². The molecule has 0 bridgehead atoms. The van der Waals surface area contributed by atoms with Crippen molar-refractivity contribution in [1.82, 2.24) is 0 Å². The largest absolute Gasteiger partial charge is 0.496 e. The minimum Gasteiger partial charge on any atom is -0.496 e. The third kappa shape index (κ3) is 1.55. The zero-order valence-electron chi connectivity index (χ0n) is 10.4. The lowest BCUT2D eigenvalue weighted by Crippen LogP contribution is -2.30. The number of benzene rings is 1. The minimum absolute atomic E-state index is 0.179. The van der Waals surface area contributed by atoms with Crippen LogP contribution >= 0.6 is 0 Å². The van der Waals surface area contributed by atoms with Gasteiger partial charge in [0, 0.05) is 12.0 Å². The van der Waals surface area contributed by atoms with Crippen LogP contribution in [0, 0.1) is 0 Å². The van der Waals surface area contributed by atoms with E-state index in [2.05, 4.69) is 0 Å². The predicted octanol–water partition coefficient (Wildman–Crippen LogP) is 2.64. The molecule has 0 aromatic heterocycles. The van der Waals surface area contributed by atoms with Crippen LogP contribution in [0.15, 0.2) is 12.1 Å². The molecule has 1 aliphatic carbocycles. The molecule has 4 heteroatoms. The second-order valence-electron chi connectivity index (χ2n) is 5.10. The molecule has 96 valence electrons. The van der Waals surface area contributed by atoms with E-state index in [0.717, 1.165) is 43.4 Å². The van der Waals surface area contributed by atoms with E-state index >= 15 is 0 Å². The summed E-state index contributed by atoms with van der Waals surface area (Å²) in [5, 5.41) is 9.22. The van der Waals surface area contributed by atoms with Gasteiger partial charge in [0.05, 0.1) is 7.11 Å². The normalized spacial score (nSPS) is 19.6. The van der Waals surface area contributed by atoms with E-state index in [0.29, 0.717) is 5.75 Å². The van der Waals surface area contributed by atoms with Gasteiger partial charge >= 0.3 is 5.97 Å². The summed E-state index contributed by atoms with van der Waals surface area (Å²) in [6.45, 7) is 0. The fourth-order valence-electron chi connectivity index (χ4n) is 3.13. The maximum atomic E-state index is 11.2. The lowest BCUT2D eigenvalue weighted by Gasteiger charge is -2.22. The van der Waals surface area contributed by atoms with Gasteiger partial charge < -0.3 is 14.6 Å². The van der Waals surface area contributed by atoms with E-state index in [-0.39, 0.29) is 11.2 Å². The van der Waals surface area contributed by atoms with Crippen molar-refractivity contribution in [2.24, 2.45) is 0 Å². The van der Waals surface area contributed by atoms with Crippen LogP contribution in [0.5, 0.6) is 11.5 Å². The van der Waals surface area contributed by atoms with Crippen LogP contribution in [-0.4, -0.2) is 23.8 Å². The molecule has 1 aromatic carbocycles. The first-order chi connectivity index (χ1) is 8.65. The number of methoxy groups -OCH3 is 1. The van der Waals surface area contributed by atoms with Crippen LogP contribution in [0.4, 0.5) is 0 Å². The number of rotatable bonds is 2. The number of carbonyl (C=O) groups is 1. The fourth-order valence-corrected chi connectivity index (χ4v) is 3.13. The number of fused-ring (bicyclic) bond motifs is 1. The summed E-state index contributed by atoms with van der Waals surface area (Å²) in [5.41, 5.74) is 0.982. The number of carboxylic acids is 1. The Morgan fingerprint density at radius 2 is 2.11 bits per heavy atom. The molecule has 18 heavy (non-hydrogen) atoms. The van der Waals surface area contributed by atoms with Gasteiger partial charge in [0.1, 0.15) is 22.7 Å². The van der Waals surface area contributed by atoms with E-state index in [4.69, 9.17) is 9.47 Å². The highest BCUT2D eigenvalue weighted by atomic mass is 16.5. The lowest BCUT2D eigenvalue weighted by atomic mass is 9.94. The van der Waals surface area contributed by atoms with Crippen LogP contribution in [0.25, 0.3) is 0 Å². The quantitative estimate of drug-likeness (QED) is 0.874. The summed E-state index contributed by atoms with van der Waals surface area (Å²) in [6.07, 6.45) is 5.08. The standard InChI is InChI=1S/C14H16O4/c1-17-11-5-4-9(13(15)16)12-10(11)8-14(18-12)6-2-3-7-14/h4-5H,2-3,6-8H2,1H3,(H,15,16). The molecule has 1 heterocycles. The van der Waals surface area contributed by atoms with Gasteiger partial charge in [-0.15, -0.1) is 0 Å². The van der Waals surface area contributed by atoms with Crippen molar-refractivity contribution in [3.05, 3.63) is 23.3 Å². The van der Waals surface area contributed by atoms with Crippen molar-refractivity contribution < 1.29 is 19.4 Å². The zero-order valence-corrected chi connectivity index (χ0v) is 10.4. The lowest BCUT2D eigenvalue weighted by molar-refractivity contribution is 0.0675. The molecule has 0 unspecified atom stereocenters. The third-order valence-corrected chi connectivity index (χ3v) is 4.00. The number of ether oxygens (including phenoxy) is 2. The average molecular weight is 248 g/mol. The summed E-state index contributed by atoms with van der Waals surface area (Å²) in [6, 6.07) is 3.29. The fraction of sp³-hybridized carbons (Fsp3) is 0.500. The predicted molar refractivity (Wildman–Crippen MR) is 65.5 cm³/mol. The highest BCUT2D eigenvalue weighted by Gasteiger charge is 2.44. The Hall–Kier alpha value is -1.71. The first kappa shape index (κ1) is 11.4. The van der Waals surface area contributed by atoms with Crippen LogP contribution in [0.1, 0.15) is 41.6 Å². The molecule has 1 aliphatic heterocycles. The van der Waals surface area contributed by atoms with Crippen LogP contribution < -0.4 is 9.47 Å². The number of hydrogen-bond acceptors (Lipinski definition) is 3. The van der Waals surface area contributed by atoms with Gasteiger partial charge in [-0.1, -0.05) is 0 Å². The molecule has 1 spiro atoms. The third-order valence-electron chi connectivity index (χ3n) is 4.00. The van der Waals surface area contributed by atoms with E-state index in [1.807, 2.05) is 0 Å². The molecule has 0 radical (unpaired) electrons. The van der Waals surface area contributed by atoms with Gasteiger partial charge in [0.25, 0.3) is 0 Å². The Labute approximate surface area is 106 Å². The molecule has 4 nitrogen and oxygen atoms in total. The molecule has 1 aromatic rings. The highest BCUT2D eigenvalue weighted by Crippen LogP contribution is 2.49. The second kappa shape index (κ2) is 3.90. The van der Waals surface area contributed by atoms with E-state index in [9.17, 15) is 9.90 Å². The smallest absolute Gasteiger partial charge is 0.339 e. The van der Waals surface area contributed by atoms with Gasteiger partial charge in [-0.3, -0.25) is 0 Å². The van der Waals surface area contributed by atoms with Gasteiger partial charge in [-0.25, -0.2) is 4.79 Å². The summed E-state index contributed by atoms with van der Waals surface area (Å²) >= 11 is 0. The van der Waals surface area contributed by atoms with Gasteiger partial charge in [-0.2, -0.15) is 0 Å². The molecule has 0 saturated heterocycles. The molecular weight excluding hydrogens is 232 g/mol. The monoisotopic (exact) mass is 248 g/mol. The van der Waals surface area contributed by atoms with Crippen LogP contribution in [0.3, 0.4) is 0 Å². The van der Waals surface area contributed by atoms with E-state index in [1.54, 1.807) is 19.2 Å². The molecule has 3 rings (SSSR count). The van der Waals surface area contributed by atoms with Gasteiger partial charge in [0.2, 0.25) is 0 Å². The summed E-state index contributed by atoms with van der Waals surface area (Å²) in [5.74, 6) is 0.312. The Morgan fingerprint density at radius 1 is 1.39 bits per heavy atom. The van der Waals surface area contributed by atoms with Crippen molar-refractivity contribution in [3.63, 3.8) is 0 Å². The first-order valence-corrected chi connectivity index (χ1v) is 6.27. The van der Waals surface area contributed by atoms with Crippen molar-refractivity contribution >= 4 is 5.97 Å². The van der Waals surface area contributed by atoms with Crippen LogP contribution in [0.2, 0.25) is 0 Å². The molecule has 1 fully saturated rings. The Bertz CT molecular complexity index is 501. The van der Waals surface area contributed by atoms with Crippen LogP contribution in [-0.2, 0) is 6.42 Å². The number of carboxylic acid groups (broad SMARTS) is 1. The summed E-state index contributed by atoms with van der Waals surface area (Å²) < 4.78 is 11.4. The van der Waals surface area contributed by atoms with E-state index in [1.165, 1.54) is 0 Å². The Morgan fingerprint density at radius 3 is 2.72 bits per heavy atom.